The fourth-order valence-corrected chi connectivity index (χ4v) is 4.46. The Morgan fingerprint density at radius 3 is 3.00 bits per heavy atom. The number of likely N-dealkylation sites (tertiary alicyclic amines) is 1. The molecule has 0 saturated carbocycles. The highest BCUT2D eigenvalue weighted by atomic mass is 32.1. The number of hydrogen-bond donors (Lipinski definition) is 0. The number of aromatic nitrogens is 3. The minimum atomic E-state index is -0.0381. The van der Waals surface area contributed by atoms with Gasteiger partial charge in [0.15, 0.2) is 0 Å². The van der Waals surface area contributed by atoms with Gasteiger partial charge in [0.2, 0.25) is 0 Å². The van der Waals surface area contributed by atoms with Crippen LogP contribution in [0.25, 0.3) is 0 Å². The summed E-state index contributed by atoms with van der Waals surface area (Å²) in [5, 5.41) is 1.08. The molecule has 4 rings (SSSR count). The van der Waals surface area contributed by atoms with E-state index in [1.807, 2.05) is 11.8 Å². The molecule has 0 radical (unpaired) electrons. The first-order valence-electron chi connectivity index (χ1n) is 8.26. The summed E-state index contributed by atoms with van der Waals surface area (Å²) in [6.07, 6.45) is 5.16. The highest BCUT2D eigenvalue weighted by Gasteiger charge is 2.42. The maximum Gasteiger partial charge on any atom is 0.272 e. The molecule has 2 aromatic heterocycles. The lowest BCUT2D eigenvalue weighted by Crippen LogP contribution is -2.45. The van der Waals surface area contributed by atoms with Gasteiger partial charge in [0, 0.05) is 24.2 Å². The van der Waals surface area contributed by atoms with Gasteiger partial charge in [0.1, 0.15) is 23.1 Å². The van der Waals surface area contributed by atoms with Gasteiger partial charge in [-0.2, -0.15) is 0 Å². The van der Waals surface area contributed by atoms with E-state index in [9.17, 15) is 4.79 Å². The third kappa shape index (κ3) is 2.82. The Kier molecular flexibility index (Phi) is 4.05. The molecule has 0 N–H and O–H groups in total. The minimum absolute atomic E-state index is 0.0381. The summed E-state index contributed by atoms with van der Waals surface area (Å²) in [5.41, 5.74) is 1.54. The molecule has 3 atom stereocenters. The number of aryl methyl sites for hydroxylation is 2. The molecular weight excluding hydrogens is 324 g/mol. The van der Waals surface area contributed by atoms with E-state index in [0.717, 1.165) is 30.1 Å². The molecule has 2 fully saturated rings. The fraction of sp³-hybridized carbons (Fsp3) is 0.529. The van der Waals surface area contributed by atoms with Crippen molar-refractivity contribution in [3.05, 3.63) is 39.9 Å². The van der Waals surface area contributed by atoms with Crippen LogP contribution in [0.5, 0.6) is 0 Å². The predicted octanol–water partition coefficient (Wildman–Crippen LogP) is 2.54. The van der Waals surface area contributed by atoms with Crippen LogP contribution in [0.15, 0.2) is 18.6 Å². The summed E-state index contributed by atoms with van der Waals surface area (Å²) >= 11 is 1.73. The number of thiazole rings is 1. The number of hydrogen-bond acceptors (Lipinski definition) is 6. The zero-order valence-corrected chi connectivity index (χ0v) is 14.6. The van der Waals surface area contributed by atoms with Gasteiger partial charge in [-0.15, -0.1) is 11.3 Å². The van der Waals surface area contributed by atoms with E-state index in [4.69, 9.17) is 4.74 Å². The van der Waals surface area contributed by atoms with Crippen LogP contribution in [0, 0.1) is 19.8 Å². The quantitative estimate of drug-likeness (QED) is 0.837. The molecule has 126 valence electrons. The summed E-state index contributed by atoms with van der Waals surface area (Å²) in [5.74, 6) is 0.470. The lowest BCUT2D eigenvalue weighted by atomic mass is 9.91. The van der Waals surface area contributed by atoms with Gasteiger partial charge in [0.25, 0.3) is 5.91 Å². The number of ether oxygens (including phenoxy) is 1. The van der Waals surface area contributed by atoms with Crippen LogP contribution >= 0.6 is 11.3 Å². The number of nitrogens with zero attached hydrogens (tertiary/aromatic N) is 4. The van der Waals surface area contributed by atoms with Crippen molar-refractivity contribution in [2.45, 2.75) is 38.9 Å². The van der Waals surface area contributed by atoms with Gasteiger partial charge >= 0.3 is 0 Å². The van der Waals surface area contributed by atoms with E-state index < -0.39 is 0 Å². The highest BCUT2D eigenvalue weighted by molar-refractivity contribution is 7.11. The van der Waals surface area contributed by atoms with E-state index in [1.54, 1.807) is 23.6 Å². The molecule has 2 saturated heterocycles. The molecule has 24 heavy (non-hydrogen) atoms. The Morgan fingerprint density at radius 2 is 2.29 bits per heavy atom. The van der Waals surface area contributed by atoms with Gasteiger partial charge in [-0.05, 0) is 38.7 Å². The smallest absolute Gasteiger partial charge is 0.272 e. The van der Waals surface area contributed by atoms with Gasteiger partial charge in [-0.1, -0.05) is 0 Å². The minimum Gasteiger partial charge on any atom is -0.366 e. The molecule has 0 aliphatic carbocycles. The number of carbonyl (C=O) groups is 1. The zero-order chi connectivity index (χ0) is 16.7. The lowest BCUT2D eigenvalue weighted by Gasteiger charge is -2.33. The maximum absolute atomic E-state index is 12.6. The summed E-state index contributed by atoms with van der Waals surface area (Å²) in [6, 6.07) is 1.66. The van der Waals surface area contributed by atoms with E-state index in [2.05, 4.69) is 21.9 Å². The van der Waals surface area contributed by atoms with E-state index in [-0.39, 0.29) is 18.1 Å². The molecule has 7 heteroatoms. The average Bonchev–Trinajstić information content (AvgIpc) is 3.18. The molecule has 1 amide bonds. The van der Waals surface area contributed by atoms with Crippen molar-refractivity contribution in [2.75, 3.05) is 13.1 Å². The molecule has 0 unspecified atom stereocenters. The van der Waals surface area contributed by atoms with Crippen LogP contribution in [0.1, 0.15) is 45.0 Å². The van der Waals surface area contributed by atoms with Crippen molar-refractivity contribution in [3.8, 4) is 0 Å². The van der Waals surface area contributed by atoms with Crippen LogP contribution in [0.3, 0.4) is 0 Å². The molecule has 2 aromatic rings. The number of piperidine rings is 1. The summed E-state index contributed by atoms with van der Waals surface area (Å²) < 4.78 is 6.26. The Bertz CT molecular complexity index is 729. The number of carbonyl (C=O) groups excluding carboxylic acids is 1. The second-order valence-electron chi connectivity index (χ2n) is 6.49. The van der Waals surface area contributed by atoms with Crippen LogP contribution < -0.4 is 0 Å². The third-order valence-electron chi connectivity index (χ3n) is 4.96. The van der Waals surface area contributed by atoms with Crippen LogP contribution in [-0.2, 0) is 4.74 Å². The SMILES string of the molecule is Cc1nc([C@@H]2C[C@@H]3CCN(C(=O)c4ccncn4)C[C@H]3O2)sc1C. The van der Waals surface area contributed by atoms with E-state index in [1.165, 1.54) is 11.2 Å². The van der Waals surface area contributed by atoms with Gasteiger partial charge < -0.3 is 9.64 Å². The first-order chi connectivity index (χ1) is 11.6. The van der Waals surface area contributed by atoms with Crippen molar-refractivity contribution < 1.29 is 9.53 Å². The summed E-state index contributed by atoms with van der Waals surface area (Å²) in [4.78, 5) is 28.2. The first kappa shape index (κ1) is 15.7. The maximum atomic E-state index is 12.6. The predicted molar refractivity (Wildman–Crippen MR) is 89.9 cm³/mol. The van der Waals surface area contributed by atoms with Crippen molar-refractivity contribution in [2.24, 2.45) is 5.92 Å². The van der Waals surface area contributed by atoms with E-state index in [0.29, 0.717) is 18.2 Å². The Morgan fingerprint density at radius 1 is 1.42 bits per heavy atom. The second kappa shape index (κ2) is 6.22. The molecular formula is C17H20N4O2S. The fourth-order valence-electron chi connectivity index (χ4n) is 3.49. The second-order valence-corrected chi connectivity index (χ2v) is 7.72. The van der Waals surface area contributed by atoms with Gasteiger partial charge in [-0.3, -0.25) is 4.79 Å². The van der Waals surface area contributed by atoms with Crippen LogP contribution in [-0.4, -0.2) is 45.0 Å². The van der Waals surface area contributed by atoms with Gasteiger partial charge in [-0.25, -0.2) is 15.0 Å². The first-order valence-corrected chi connectivity index (χ1v) is 9.08. The average molecular weight is 344 g/mol. The standard InChI is InChI=1S/C17H20N4O2S/c1-10-11(2)24-16(20-10)14-7-12-4-6-21(8-15(12)23-14)17(22)13-3-5-18-9-19-13/h3,5,9,12,14-15H,4,6-8H2,1-2H3/t12-,14-,15+/m0/s1. The molecule has 2 aliphatic heterocycles. The highest BCUT2D eigenvalue weighted by Crippen LogP contribution is 2.42. The Balaban J connectivity index is 1.45. The number of amides is 1. The Labute approximate surface area is 144 Å². The number of rotatable bonds is 2. The van der Waals surface area contributed by atoms with Crippen molar-refractivity contribution in [3.63, 3.8) is 0 Å². The molecule has 0 bridgehead atoms. The Hall–Kier alpha value is -1.86. The van der Waals surface area contributed by atoms with Crippen molar-refractivity contribution in [1.82, 2.24) is 19.9 Å². The summed E-state index contributed by atoms with van der Waals surface area (Å²) in [6.45, 7) is 5.53. The molecule has 0 aromatic carbocycles. The molecule has 4 heterocycles. The molecule has 6 nitrogen and oxygen atoms in total. The van der Waals surface area contributed by atoms with Crippen LogP contribution in [0.2, 0.25) is 0 Å². The largest absolute Gasteiger partial charge is 0.366 e. The monoisotopic (exact) mass is 344 g/mol. The van der Waals surface area contributed by atoms with Crippen LogP contribution in [0.4, 0.5) is 0 Å². The van der Waals surface area contributed by atoms with Crippen molar-refractivity contribution in [1.29, 1.82) is 0 Å². The lowest BCUT2D eigenvalue weighted by molar-refractivity contribution is -0.00467. The normalized spacial score (nSPS) is 26.4. The zero-order valence-electron chi connectivity index (χ0n) is 13.8. The van der Waals surface area contributed by atoms with Crippen molar-refractivity contribution >= 4 is 17.2 Å². The topological polar surface area (TPSA) is 68.2 Å². The number of fused-ring (bicyclic) bond motifs is 1. The molecule has 2 aliphatic rings. The van der Waals surface area contributed by atoms with Gasteiger partial charge in [0.05, 0.1) is 11.8 Å². The van der Waals surface area contributed by atoms with E-state index >= 15 is 0 Å². The summed E-state index contributed by atoms with van der Waals surface area (Å²) in [7, 11) is 0. The third-order valence-corrected chi connectivity index (χ3v) is 6.13. The molecule has 0 spiro atoms.